The van der Waals surface area contributed by atoms with E-state index in [0.717, 1.165) is 42.5 Å². The smallest absolute Gasteiger partial charge is 0.304 e. The zero-order valence-electron chi connectivity index (χ0n) is 17.7. The lowest BCUT2D eigenvalue weighted by Crippen LogP contribution is -2.60. The van der Waals surface area contributed by atoms with Crippen molar-refractivity contribution in [3.05, 3.63) is 29.1 Å². The maximum atomic E-state index is 14.8. The molecular formula is C22H27F3N2O4S. The molecule has 1 aromatic carbocycles. The number of nitrogens with zero attached hydrogens (tertiary/aromatic N) is 1. The number of carbonyl (C=O) groups excluding carboxylic acids is 1. The van der Waals surface area contributed by atoms with Crippen molar-refractivity contribution in [3.8, 4) is 5.75 Å². The van der Waals surface area contributed by atoms with E-state index in [1.807, 2.05) is 4.72 Å². The Bertz CT molecular complexity index is 1040. The van der Waals surface area contributed by atoms with Crippen LogP contribution in [0.2, 0.25) is 0 Å². The molecule has 1 N–H and O–H groups in total. The van der Waals surface area contributed by atoms with Gasteiger partial charge in [0.15, 0.2) is 0 Å². The summed E-state index contributed by atoms with van der Waals surface area (Å²) in [5.74, 6) is -4.93. The summed E-state index contributed by atoms with van der Waals surface area (Å²) in [7, 11) is -3.99. The molecule has 0 bridgehead atoms. The highest BCUT2D eigenvalue weighted by atomic mass is 32.2. The Kier molecular flexibility index (Phi) is 5.24. The van der Waals surface area contributed by atoms with Crippen LogP contribution in [0.15, 0.2) is 12.1 Å². The van der Waals surface area contributed by atoms with Crippen LogP contribution in [0.5, 0.6) is 5.75 Å². The summed E-state index contributed by atoms with van der Waals surface area (Å²) in [4.78, 5) is 12.5. The molecule has 2 unspecified atom stereocenters. The zero-order valence-corrected chi connectivity index (χ0v) is 18.5. The molecule has 10 heteroatoms. The quantitative estimate of drug-likeness (QED) is 0.652. The fourth-order valence-corrected chi connectivity index (χ4v) is 6.64. The fraction of sp³-hybridized carbons (Fsp3) is 0.682. The fourth-order valence-electron chi connectivity index (χ4n) is 5.43. The van der Waals surface area contributed by atoms with Gasteiger partial charge in [-0.1, -0.05) is 12.8 Å². The first-order chi connectivity index (χ1) is 15.1. The largest absolute Gasteiger partial charge is 0.493 e. The predicted molar refractivity (Wildman–Crippen MR) is 110 cm³/mol. The Balaban J connectivity index is 1.35. The number of nitrogens with one attached hydrogen (secondary N) is 1. The average Bonchev–Trinajstić information content (AvgIpc) is 3.48. The minimum absolute atomic E-state index is 0.0895. The topological polar surface area (TPSA) is 75.7 Å². The Morgan fingerprint density at radius 1 is 1.16 bits per heavy atom. The number of amides is 1. The van der Waals surface area contributed by atoms with Crippen LogP contribution in [-0.4, -0.2) is 44.2 Å². The van der Waals surface area contributed by atoms with Crippen molar-refractivity contribution in [2.24, 2.45) is 11.3 Å². The van der Waals surface area contributed by atoms with Crippen LogP contribution in [0.4, 0.5) is 13.2 Å². The number of ether oxygens (including phenoxy) is 1. The molecule has 0 aromatic heterocycles. The van der Waals surface area contributed by atoms with E-state index in [0.29, 0.717) is 31.5 Å². The van der Waals surface area contributed by atoms with Crippen LogP contribution in [0.1, 0.15) is 73.2 Å². The third-order valence-electron chi connectivity index (χ3n) is 7.51. The highest BCUT2D eigenvalue weighted by molar-refractivity contribution is 7.87. The van der Waals surface area contributed by atoms with E-state index in [2.05, 4.69) is 0 Å². The molecule has 32 heavy (non-hydrogen) atoms. The van der Waals surface area contributed by atoms with Crippen molar-refractivity contribution in [3.63, 3.8) is 0 Å². The standard InChI is InChI=1S/C22H27F3N2O4S/c23-17-11-18(31-13-21-7-2-1-4-19(21)22(24,25)12-21)15(14-5-6-14)10-16(17)20(28)26-32(29,30)27-8-3-9-27/h10-11,14,19H,1-9,12-13H2,(H,26,28). The van der Waals surface area contributed by atoms with E-state index in [-0.39, 0.29) is 30.3 Å². The minimum Gasteiger partial charge on any atom is -0.493 e. The predicted octanol–water partition coefficient (Wildman–Crippen LogP) is 3.98. The van der Waals surface area contributed by atoms with Crippen molar-refractivity contribution in [1.82, 2.24) is 9.03 Å². The highest BCUT2D eigenvalue weighted by Gasteiger charge is 2.66. The molecule has 1 heterocycles. The van der Waals surface area contributed by atoms with Crippen molar-refractivity contribution < 1.29 is 31.1 Å². The Morgan fingerprint density at radius 3 is 2.53 bits per heavy atom. The number of hydrogen-bond acceptors (Lipinski definition) is 4. The molecule has 1 aromatic rings. The van der Waals surface area contributed by atoms with Gasteiger partial charge in [-0.25, -0.2) is 17.9 Å². The summed E-state index contributed by atoms with van der Waals surface area (Å²) in [6.45, 7) is 0.751. The molecule has 2 atom stereocenters. The number of carbonyl (C=O) groups is 1. The van der Waals surface area contributed by atoms with Crippen molar-refractivity contribution in [2.75, 3.05) is 19.7 Å². The third-order valence-corrected chi connectivity index (χ3v) is 9.00. The van der Waals surface area contributed by atoms with E-state index in [1.54, 1.807) is 0 Å². The molecule has 1 amide bonds. The maximum absolute atomic E-state index is 14.8. The number of alkyl halides is 2. The van der Waals surface area contributed by atoms with Gasteiger partial charge in [0.05, 0.1) is 12.2 Å². The molecule has 3 saturated carbocycles. The number of hydrogen-bond donors (Lipinski definition) is 1. The van der Waals surface area contributed by atoms with Crippen molar-refractivity contribution in [1.29, 1.82) is 0 Å². The van der Waals surface area contributed by atoms with Crippen LogP contribution in [0.25, 0.3) is 0 Å². The van der Waals surface area contributed by atoms with E-state index < -0.39 is 39.2 Å². The lowest BCUT2D eigenvalue weighted by atomic mass is 9.52. The summed E-state index contributed by atoms with van der Waals surface area (Å²) in [6.07, 6.45) is 5.02. The van der Waals surface area contributed by atoms with Gasteiger partial charge in [-0.05, 0) is 49.7 Å². The van der Waals surface area contributed by atoms with E-state index in [4.69, 9.17) is 4.74 Å². The van der Waals surface area contributed by atoms with Gasteiger partial charge in [0, 0.05) is 36.9 Å². The summed E-state index contributed by atoms with van der Waals surface area (Å²) in [5.41, 5.74) is -0.305. The average molecular weight is 473 g/mol. The van der Waals surface area contributed by atoms with Crippen molar-refractivity contribution in [2.45, 2.75) is 63.2 Å². The molecule has 5 rings (SSSR count). The lowest BCUT2D eigenvalue weighted by Gasteiger charge is -2.57. The minimum atomic E-state index is -3.99. The summed E-state index contributed by atoms with van der Waals surface area (Å²) in [5, 5.41) is 0. The number of fused-ring (bicyclic) bond motifs is 1. The van der Waals surface area contributed by atoms with Gasteiger partial charge in [0.25, 0.3) is 11.8 Å². The molecule has 6 nitrogen and oxygen atoms in total. The third kappa shape index (κ3) is 3.79. The molecule has 0 spiro atoms. The Morgan fingerprint density at radius 2 is 1.91 bits per heavy atom. The van der Waals surface area contributed by atoms with Crippen LogP contribution in [0.3, 0.4) is 0 Å². The van der Waals surface area contributed by atoms with Gasteiger partial charge < -0.3 is 4.74 Å². The molecule has 4 aliphatic rings. The number of rotatable bonds is 7. The molecule has 1 aliphatic heterocycles. The summed E-state index contributed by atoms with van der Waals surface area (Å²) in [6, 6.07) is 2.46. The SMILES string of the molecule is O=C(NS(=O)(=O)N1CCC1)c1cc(C2CC2)c(OCC23CCCCC2C(F)(F)C3)cc1F. The van der Waals surface area contributed by atoms with E-state index in [1.165, 1.54) is 6.07 Å². The second-order valence-electron chi connectivity index (χ2n) is 9.72. The first-order valence-corrected chi connectivity index (χ1v) is 12.7. The highest BCUT2D eigenvalue weighted by Crippen LogP contribution is 2.63. The Labute approximate surface area is 185 Å². The van der Waals surface area contributed by atoms with Crippen LogP contribution >= 0.6 is 0 Å². The molecule has 3 aliphatic carbocycles. The normalized spacial score (nSPS) is 29.4. The van der Waals surface area contributed by atoms with Crippen LogP contribution < -0.4 is 9.46 Å². The van der Waals surface area contributed by atoms with E-state index in [9.17, 15) is 26.4 Å². The van der Waals surface area contributed by atoms with Gasteiger partial charge >= 0.3 is 10.2 Å². The number of benzene rings is 1. The second kappa shape index (κ2) is 7.62. The Hall–Kier alpha value is -1.81. The second-order valence-corrected chi connectivity index (χ2v) is 11.4. The van der Waals surface area contributed by atoms with Gasteiger partial charge in [0.1, 0.15) is 11.6 Å². The van der Waals surface area contributed by atoms with E-state index >= 15 is 0 Å². The van der Waals surface area contributed by atoms with Gasteiger partial charge in [-0.2, -0.15) is 12.7 Å². The first kappa shape index (κ1) is 22.0. The maximum Gasteiger partial charge on any atom is 0.304 e. The molecular weight excluding hydrogens is 445 g/mol. The first-order valence-electron chi connectivity index (χ1n) is 11.3. The van der Waals surface area contributed by atoms with Gasteiger partial charge in [0.2, 0.25) is 0 Å². The van der Waals surface area contributed by atoms with Gasteiger partial charge in [-0.15, -0.1) is 0 Å². The van der Waals surface area contributed by atoms with Crippen LogP contribution in [-0.2, 0) is 10.2 Å². The monoisotopic (exact) mass is 472 g/mol. The molecule has 176 valence electrons. The number of halogens is 3. The zero-order chi connectivity index (χ0) is 22.7. The molecule has 0 radical (unpaired) electrons. The summed E-state index contributed by atoms with van der Waals surface area (Å²) >= 11 is 0. The molecule has 4 fully saturated rings. The van der Waals surface area contributed by atoms with Crippen LogP contribution in [0, 0.1) is 17.2 Å². The molecule has 1 saturated heterocycles. The van der Waals surface area contributed by atoms with Gasteiger partial charge in [-0.3, -0.25) is 4.79 Å². The summed E-state index contributed by atoms with van der Waals surface area (Å²) < 4.78 is 76.4. The lowest BCUT2D eigenvalue weighted by molar-refractivity contribution is -0.249. The van der Waals surface area contributed by atoms with Crippen molar-refractivity contribution >= 4 is 16.1 Å².